The smallest absolute Gasteiger partial charge is 0.164 e. The molecule has 0 amide bonds. The number of benzene rings is 10. The van der Waals surface area contributed by atoms with Crippen LogP contribution in [0.5, 0.6) is 0 Å². The molecule has 60 heavy (non-hydrogen) atoms. The lowest BCUT2D eigenvalue weighted by molar-refractivity contribution is 1.08. The van der Waals surface area contributed by atoms with E-state index in [2.05, 4.69) is 188 Å². The minimum Gasteiger partial charge on any atom is -0.208 e. The van der Waals surface area contributed by atoms with Gasteiger partial charge in [0.05, 0.1) is 0 Å². The van der Waals surface area contributed by atoms with Gasteiger partial charge in [0.2, 0.25) is 0 Å². The summed E-state index contributed by atoms with van der Waals surface area (Å²) in [4.78, 5) is 15.6. The summed E-state index contributed by atoms with van der Waals surface area (Å²) in [5.41, 5.74) is 12.1. The van der Waals surface area contributed by atoms with E-state index in [1.54, 1.807) is 0 Å². The molecule has 3 heteroatoms. The number of nitrogens with zero attached hydrogens (tertiary/aromatic N) is 3. The van der Waals surface area contributed by atoms with Crippen molar-refractivity contribution in [1.82, 2.24) is 15.0 Å². The van der Waals surface area contributed by atoms with Crippen LogP contribution in [0.4, 0.5) is 0 Å². The van der Waals surface area contributed by atoms with Gasteiger partial charge in [-0.3, -0.25) is 0 Å². The molecule has 0 aliphatic carbocycles. The summed E-state index contributed by atoms with van der Waals surface area (Å²) in [7, 11) is 0. The van der Waals surface area contributed by atoms with E-state index in [1.807, 2.05) is 36.4 Å². The Bertz CT molecular complexity index is 3230. The van der Waals surface area contributed by atoms with Crippen LogP contribution in [0.3, 0.4) is 0 Å². The van der Waals surface area contributed by atoms with Gasteiger partial charge in [0, 0.05) is 22.1 Å². The minimum atomic E-state index is 0.634. The molecule has 0 saturated carbocycles. The number of rotatable bonds is 7. The van der Waals surface area contributed by atoms with E-state index in [-0.39, 0.29) is 0 Å². The summed E-state index contributed by atoms with van der Waals surface area (Å²) < 4.78 is 0. The van der Waals surface area contributed by atoms with Crippen molar-refractivity contribution in [3.8, 4) is 78.7 Å². The van der Waals surface area contributed by atoms with Gasteiger partial charge in [0.15, 0.2) is 17.5 Å². The molecular formula is C57H37N3. The second-order valence-corrected chi connectivity index (χ2v) is 15.2. The zero-order valence-electron chi connectivity index (χ0n) is 32.7. The first-order valence-corrected chi connectivity index (χ1v) is 20.3. The quantitative estimate of drug-likeness (QED) is 0.152. The van der Waals surface area contributed by atoms with Crippen molar-refractivity contribution in [3.63, 3.8) is 0 Å². The number of aromatic nitrogens is 3. The fourth-order valence-electron chi connectivity index (χ4n) is 8.57. The Hall–Kier alpha value is -8.01. The Labute approximate surface area is 349 Å². The summed E-state index contributed by atoms with van der Waals surface area (Å²) >= 11 is 0. The molecule has 0 N–H and O–H groups in total. The molecule has 11 rings (SSSR count). The summed E-state index contributed by atoms with van der Waals surface area (Å²) in [5, 5.41) is 7.04. The Morgan fingerprint density at radius 1 is 0.200 bits per heavy atom. The summed E-state index contributed by atoms with van der Waals surface area (Å²) in [5.74, 6) is 1.91. The summed E-state index contributed by atoms with van der Waals surface area (Å²) in [6, 6.07) is 79.7. The molecule has 0 saturated heterocycles. The van der Waals surface area contributed by atoms with E-state index in [9.17, 15) is 0 Å². The molecule has 0 aliphatic heterocycles. The normalized spacial score (nSPS) is 11.3. The van der Waals surface area contributed by atoms with Gasteiger partial charge in [0.1, 0.15) is 0 Å². The third kappa shape index (κ3) is 6.49. The van der Waals surface area contributed by atoms with Crippen LogP contribution < -0.4 is 0 Å². The van der Waals surface area contributed by atoms with Gasteiger partial charge in [-0.15, -0.1) is 0 Å². The van der Waals surface area contributed by atoms with Crippen LogP contribution in [-0.2, 0) is 0 Å². The second-order valence-electron chi connectivity index (χ2n) is 15.2. The summed E-state index contributed by atoms with van der Waals surface area (Å²) in [6.45, 7) is 0. The highest BCUT2D eigenvalue weighted by Gasteiger charge is 2.20. The van der Waals surface area contributed by atoms with Crippen LogP contribution in [0.25, 0.3) is 111 Å². The highest BCUT2D eigenvalue weighted by Crippen LogP contribution is 2.43. The average molecular weight is 764 g/mol. The highest BCUT2D eigenvalue weighted by molar-refractivity contribution is 6.28. The third-order valence-electron chi connectivity index (χ3n) is 11.5. The topological polar surface area (TPSA) is 38.7 Å². The summed E-state index contributed by atoms with van der Waals surface area (Å²) in [6.07, 6.45) is 0. The van der Waals surface area contributed by atoms with Crippen molar-refractivity contribution in [2.45, 2.75) is 0 Å². The van der Waals surface area contributed by atoms with Gasteiger partial charge in [-0.25, -0.2) is 15.0 Å². The van der Waals surface area contributed by atoms with Crippen molar-refractivity contribution in [3.05, 3.63) is 224 Å². The Morgan fingerprint density at radius 2 is 0.533 bits per heavy atom. The van der Waals surface area contributed by atoms with Crippen LogP contribution >= 0.6 is 0 Å². The van der Waals surface area contributed by atoms with Crippen molar-refractivity contribution >= 4 is 32.3 Å². The Balaban J connectivity index is 1.17. The maximum atomic E-state index is 5.29. The maximum Gasteiger partial charge on any atom is 0.164 e. The van der Waals surface area contributed by atoms with E-state index < -0.39 is 0 Å². The van der Waals surface area contributed by atoms with Gasteiger partial charge in [-0.1, -0.05) is 188 Å². The molecule has 1 heterocycles. The van der Waals surface area contributed by atoms with Crippen molar-refractivity contribution in [2.24, 2.45) is 0 Å². The zero-order chi connectivity index (χ0) is 39.8. The lowest BCUT2D eigenvalue weighted by Crippen LogP contribution is -2.01. The lowest BCUT2D eigenvalue weighted by atomic mass is 9.88. The van der Waals surface area contributed by atoms with E-state index in [4.69, 9.17) is 15.0 Å². The van der Waals surface area contributed by atoms with E-state index in [0.29, 0.717) is 17.5 Å². The molecular weight excluding hydrogens is 727 g/mol. The van der Waals surface area contributed by atoms with Crippen LogP contribution in [0, 0.1) is 0 Å². The number of fused-ring (bicyclic) bond motifs is 6. The fourth-order valence-corrected chi connectivity index (χ4v) is 8.57. The minimum absolute atomic E-state index is 0.634. The Kier molecular flexibility index (Phi) is 8.83. The predicted molar refractivity (Wildman–Crippen MR) is 250 cm³/mol. The van der Waals surface area contributed by atoms with Gasteiger partial charge in [0.25, 0.3) is 0 Å². The number of hydrogen-bond donors (Lipinski definition) is 0. The van der Waals surface area contributed by atoms with Gasteiger partial charge >= 0.3 is 0 Å². The largest absolute Gasteiger partial charge is 0.208 e. The SMILES string of the molecule is c1ccc(-c2cc(-c3ccccc3)cc(-c3cccc(-c4cc(-c5nc(-c6ccccc6)nc(-c6ccccc6)n5)c5c6ccccc6c6ccccc6c5c4)c3)c2)cc1. The molecule has 0 radical (unpaired) electrons. The van der Waals surface area contributed by atoms with Crippen LogP contribution in [0.15, 0.2) is 224 Å². The molecule has 0 aliphatic rings. The molecule has 0 fully saturated rings. The van der Waals surface area contributed by atoms with Crippen LogP contribution in [-0.4, -0.2) is 15.0 Å². The Morgan fingerprint density at radius 3 is 1.03 bits per heavy atom. The molecule has 0 unspecified atom stereocenters. The van der Waals surface area contributed by atoms with Crippen molar-refractivity contribution in [2.75, 3.05) is 0 Å². The molecule has 1 aromatic heterocycles. The molecule has 11 aromatic rings. The second kappa shape index (κ2) is 15.1. The first kappa shape index (κ1) is 35.2. The zero-order valence-corrected chi connectivity index (χ0v) is 32.7. The van der Waals surface area contributed by atoms with Crippen LogP contribution in [0.1, 0.15) is 0 Å². The van der Waals surface area contributed by atoms with E-state index >= 15 is 0 Å². The first-order chi connectivity index (χ1) is 29.7. The highest BCUT2D eigenvalue weighted by atomic mass is 15.0. The molecule has 0 spiro atoms. The molecule has 0 bridgehead atoms. The first-order valence-electron chi connectivity index (χ1n) is 20.3. The van der Waals surface area contributed by atoms with Crippen molar-refractivity contribution < 1.29 is 0 Å². The maximum absolute atomic E-state index is 5.29. The molecule has 3 nitrogen and oxygen atoms in total. The predicted octanol–water partition coefficient (Wildman–Crippen LogP) is 15.0. The average Bonchev–Trinajstić information content (AvgIpc) is 3.34. The molecule has 10 aromatic carbocycles. The molecule has 280 valence electrons. The van der Waals surface area contributed by atoms with Crippen molar-refractivity contribution in [1.29, 1.82) is 0 Å². The molecule has 0 atom stereocenters. The van der Waals surface area contributed by atoms with Gasteiger partial charge in [-0.05, 0) is 108 Å². The fraction of sp³-hybridized carbons (Fsp3) is 0. The van der Waals surface area contributed by atoms with Gasteiger partial charge < -0.3 is 0 Å². The lowest BCUT2D eigenvalue weighted by Gasteiger charge is -2.17. The standard InChI is InChI=1S/C57H37N3/c1-5-18-38(19-6-1)44-33-45(39-20-7-2-8-21-39)35-46(34-44)42-26-17-27-43(32-42)47-36-52-50-30-14-13-28-48(50)49-29-15-16-31-51(49)54(52)53(37-47)57-59-55(40-22-9-3-10-23-40)58-56(60-57)41-24-11-4-12-25-41/h1-37H. The monoisotopic (exact) mass is 763 g/mol. The van der Waals surface area contributed by atoms with E-state index in [0.717, 1.165) is 55.1 Å². The van der Waals surface area contributed by atoms with Crippen LogP contribution in [0.2, 0.25) is 0 Å². The van der Waals surface area contributed by atoms with Gasteiger partial charge in [-0.2, -0.15) is 0 Å². The number of hydrogen-bond acceptors (Lipinski definition) is 3. The third-order valence-corrected chi connectivity index (χ3v) is 11.5. The van der Waals surface area contributed by atoms with E-state index in [1.165, 1.54) is 38.4 Å².